The van der Waals surface area contributed by atoms with Crippen molar-refractivity contribution in [1.82, 2.24) is 19.8 Å². The average Bonchev–Trinajstić information content (AvgIpc) is 3.35. The molecule has 29 heavy (non-hydrogen) atoms. The average molecular weight is 435 g/mol. The van der Waals surface area contributed by atoms with Gasteiger partial charge in [0.1, 0.15) is 5.69 Å². The number of alkyl halides is 3. The first-order valence-corrected chi connectivity index (χ1v) is 10.1. The molecular weight excluding hydrogens is 423 g/mol. The second-order valence-corrected chi connectivity index (χ2v) is 7.75. The summed E-state index contributed by atoms with van der Waals surface area (Å²) in [5, 5.41) is 17.4. The van der Waals surface area contributed by atoms with Crippen LogP contribution in [0.4, 0.5) is 18.9 Å². The zero-order valence-electron chi connectivity index (χ0n) is 14.6. The standard InChI is InChI=1S/C18H12F3N5OS2/c19-18(20,21)11-3-1-4-12(9-11)22-16(27)10-29-17-24-23-15-7-6-13(25-26(15)17)14-5-2-8-28-14/h1-9H,10H2,(H,22,27). The molecule has 3 aromatic heterocycles. The first-order valence-electron chi connectivity index (χ1n) is 8.26. The van der Waals surface area contributed by atoms with E-state index in [0.29, 0.717) is 10.8 Å². The Morgan fingerprint density at radius 2 is 2.00 bits per heavy atom. The minimum atomic E-state index is -4.47. The van der Waals surface area contributed by atoms with Crippen molar-refractivity contribution in [2.45, 2.75) is 11.3 Å². The van der Waals surface area contributed by atoms with Crippen molar-refractivity contribution in [3.63, 3.8) is 0 Å². The van der Waals surface area contributed by atoms with Gasteiger partial charge in [0.2, 0.25) is 11.1 Å². The van der Waals surface area contributed by atoms with Crippen molar-refractivity contribution < 1.29 is 18.0 Å². The Kier molecular flexibility index (Phi) is 5.24. The zero-order valence-corrected chi connectivity index (χ0v) is 16.2. The number of thioether (sulfide) groups is 1. The van der Waals surface area contributed by atoms with Crippen molar-refractivity contribution in [2.75, 3.05) is 11.1 Å². The maximum Gasteiger partial charge on any atom is 0.416 e. The number of fused-ring (bicyclic) bond motifs is 1. The van der Waals surface area contributed by atoms with Crippen LogP contribution in [0.5, 0.6) is 0 Å². The van der Waals surface area contributed by atoms with E-state index in [2.05, 4.69) is 20.6 Å². The molecule has 0 bridgehead atoms. The van der Waals surface area contributed by atoms with Crippen LogP contribution in [0.25, 0.3) is 16.2 Å². The number of rotatable bonds is 5. The summed E-state index contributed by atoms with van der Waals surface area (Å²) in [6, 6.07) is 12.0. The Balaban J connectivity index is 1.46. The van der Waals surface area contributed by atoms with Crippen LogP contribution in [-0.2, 0) is 11.0 Å². The minimum absolute atomic E-state index is 0.0536. The van der Waals surface area contributed by atoms with Gasteiger partial charge in [-0.15, -0.1) is 21.5 Å². The van der Waals surface area contributed by atoms with E-state index in [1.165, 1.54) is 16.6 Å². The van der Waals surface area contributed by atoms with Gasteiger partial charge >= 0.3 is 6.18 Å². The summed E-state index contributed by atoms with van der Waals surface area (Å²) in [7, 11) is 0. The van der Waals surface area contributed by atoms with E-state index in [1.54, 1.807) is 17.4 Å². The number of nitrogens with one attached hydrogen (secondary N) is 1. The lowest BCUT2D eigenvalue weighted by atomic mass is 10.2. The first kappa shape index (κ1) is 19.4. The molecule has 0 saturated carbocycles. The zero-order chi connectivity index (χ0) is 20.4. The van der Waals surface area contributed by atoms with Crippen molar-refractivity contribution in [1.29, 1.82) is 0 Å². The van der Waals surface area contributed by atoms with Gasteiger partial charge in [-0.05, 0) is 41.8 Å². The van der Waals surface area contributed by atoms with E-state index in [4.69, 9.17) is 0 Å². The molecule has 1 aromatic carbocycles. The largest absolute Gasteiger partial charge is 0.416 e. The number of nitrogens with zero attached hydrogens (tertiary/aromatic N) is 4. The molecule has 1 N–H and O–H groups in total. The van der Waals surface area contributed by atoms with Crippen LogP contribution >= 0.6 is 23.1 Å². The number of hydrogen-bond acceptors (Lipinski definition) is 6. The number of carbonyl (C=O) groups is 1. The number of anilines is 1. The Hall–Kier alpha value is -2.92. The third kappa shape index (κ3) is 4.40. The number of amides is 1. The van der Waals surface area contributed by atoms with Crippen molar-refractivity contribution in [2.24, 2.45) is 0 Å². The molecule has 3 heterocycles. The van der Waals surface area contributed by atoms with Gasteiger partial charge in [-0.2, -0.15) is 22.8 Å². The number of benzene rings is 1. The second kappa shape index (κ2) is 7.84. The normalized spacial score (nSPS) is 11.7. The number of aromatic nitrogens is 4. The predicted octanol–water partition coefficient (Wildman–Crippen LogP) is 4.60. The number of hydrogen-bond donors (Lipinski definition) is 1. The fourth-order valence-electron chi connectivity index (χ4n) is 2.52. The molecule has 0 aliphatic heterocycles. The summed E-state index contributed by atoms with van der Waals surface area (Å²) in [5.74, 6) is -0.512. The number of thiophene rings is 1. The highest BCUT2D eigenvalue weighted by Crippen LogP contribution is 2.30. The molecule has 0 aliphatic rings. The van der Waals surface area contributed by atoms with Crippen molar-refractivity contribution in [3.05, 3.63) is 59.5 Å². The maximum atomic E-state index is 12.8. The van der Waals surface area contributed by atoms with Gasteiger partial charge in [-0.25, -0.2) is 0 Å². The van der Waals surface area contributed by atoms with E-state index in [9.17, 15) is 18.0 Å². The van der Waals surface area contributed by atoms with Gasteiger partial charge in [0, 0.05) is 5.69 Å². The minimum Gasteiger partial charge on any atom is -0.325 e. The highest BCUT2D eigenvalue weighted by molar-refractivity contribution is 7.99. The molecule has 0 aliphatic carbocycles. The molecule has 11 heteroatoms. The Morgan fingerprint density at radius 3 is 2.76 bits per heavy atom. The van der Waals surface area contributed by atoms with Gasteiger partial charge in [0.25, 0.3) is 0 Å². The molecule has 0 unspecified atom stereocenters. The molecule has 4 rings (SSSR count). The molecule has 0 fully saturated rings. The fourth-order valence-corrected chi connectivity index (χ4v) is 3.89. The lowest BCUT2D eigenvalue weighted by molar-refractivity contribution is -0.137. The summed E-state index contributed by atoms with van der Waals surface area (Å²) < 4.78 is 39.9. The number of halogens is 3. The SMILES string of the molecule is O=C(CSc1nnc2ccc(-c3cccs3)nn12)Nc1cccc(C(F)(F)F)c1. The van der Waals surface area contributed by atoms with Crippen LogP contribution in [0.2, 0.25) is 0 Å². The van der Waals surface area contributed by atoms with Gasteiger partial charge in [0.05, 0.1) is 16.2 Å². The molecule has 1 amide bonds. The van der Waals surface area contributed by atoms with Crippen LogP contribution in [0.15, 0.2) is 59.1 Å². The van der Waals surface area contributed by atoms with Crippen LogP contribution < -0.4 is 5.32 Å². The summed E-state index contributed by atoms with van der Waals surface area (Å²) in [5.41, 5.74) is 0.542. The van der Waals surface area contributed by atoms with E-state index in [0.717, 1.165) is 34.5 Å². The topological polar surface area (TPSA) is 72.2 Å². The molecule has 0 radical (unpaired) electrons. The van der Waals surface area contributed by atoms with E-state index in [1.807, 2.05) is 23.6 Å². The first-order chi connectivity index (χ1) is 13.9. The summed E-state index contributed by atoms with van der Waals surface area (Å²) in [6.45, 7) is 0. The van der Waals surface area contributed by atoms with Crippen molar-refractivity contribution in [3.8, 4) is 10.6 Å². The number of carbonyl (C=O) groups excluding carboxylic acids is 1. The quantitative estimate of drug-likeness (QED) is 0.464. The highest BCUT2D eigenvalue weighted by Gasteiger charge is 2.30. The summed E-state index contributed by atoms with van der Waals surface area (Å²) in [6.07, 6.45) is -4.47. The lowest BCUT2D eigenvalue weighted by Crippen LogP contribution is -2.15. The molecule has 0 spiro atoms. The van der Waals surface area contributed by atoms with E-state index in [-0.39, 0.29) is 11.4 Å². The predicted molar refractivity (Wildman–Crippen MR) is 105 cm³/mol. The Labute approximate surface area is 170 Å². The molecule has 148 valence electrons. The molecule has 0 saturated heterocycles. The Bertz CT molecular complexity index is 1160. The van der Waals surface area contributed by atoms with Crippen LogP contribution in [0, 0.1) is 0 Å². The van der Waals surface area contributed by atoms with Gasteiger partial charge < -0.3 is 5.32 Å². The Morgan fingerprint density at radius 1 is 1.14 bits per heavy atom. The van der Waals surface area contributed by atoms with E-state index >= 15 is 0 Å². The van der Waals surface area contributed by atoms with Gasteiger partial charge in [-0.1, -0.05) is 23.9 Å². The monoisotopic (exact) mass is 435 g/mol. The maximum absolute atomic E-state index is 12.8. The fraction of sp³-hybridized carbons (Fsp3) is 0.111. The van der Waals surface area contributed by atoms with Gasteiger partial charge in [-0.3, -0.25) is 4.79 Å². The second-order valence-electron chi connectivity index (χ2n) is 5.86. The summed E-state index contributed by atoms with van der Waals surface area (Å²) >= 11 is 2.64. The molecule has 0 atom stereocenters. The third-order valence-corrected chi connectivity index (χ3v) is 5.63. The van der Waals surface area contributed by atoms with Gasteiger partial charge in [0.15, 0.2) is 5.65 Å². The molecule has 4 aromatic rings. The molecule has 6 nitrogen and oxygen atoms in total. The lowest BCUT2D eigenvalue weighted by Gasteiger charge is -2.09. The third-order valence-electron chi connectivity index (χ3n) is 3.81. The van der Waals surface area contributed by atoms with Crippen molar-refractivity contribution >= 4 is 40.3 Å². The smallest absolute Gasteiger partial charge is 0.325 e. The van der Waals surface area contributed by atoms with Crippen LogP contribution in [0.1, 0.15) is 5.56 Å². The highest BCUT2D eigenvalue weighted by atomic mass is 32.2. The molecular formula is C18H12F3N5OS2. The van der Waals surface area contributed by atoms with E-state index < -0.39 is 17.6 Å². The van der Waals surface area contributed by atoms with Crippen LogP contribution in [0.3, 0.4) is 0 Å². The van der Waals surface area contributed by atoms with Crippen LogP contribution in [-0.4, -0.2) is 31.5 Å². The summed E-state index contributed by atoms with van der Waals surface area (Å²) in [4.78, 5) is 13.2.